The predicted molar refractivity (Wildman–Crippen MR) is 96.1 cm³/mol. The van der Waals surface area contributed by atoms with Gasteiger partial charge in [0.25, 0.3) is 0 Å². The van der Waals surface area contributed by atoms with E-state index in [1.165, 1.54) is 0 Å². The Bertz CT molecular complexity index is 639. The second-order valence-corrected chi connectivity index (χ2v) is 6.47. The molecule has 3 rings (SSSR count). The molecular formula is C20H26N2O2. The number of hydrogen-bond donors (Lipinski definition) is 3. The van der Waals surface area contributed by atoms with E-state index < -0.39 is 5.60 Å². The fraction of sp³-hybridized carbons (Fsp3) is 0.400. The first-order chi connectivity index (χ1) is 11.7. The zero-order valence-corrected chi connectivity index (χ0v) is 14.0. The molecule has 1 atom stereocenters. The van der Waals surface area contributed by atoms with Gasteiger partial charge in [-0.25, -0.2) is 0 Å². The number of phenols is 1. The summed E-state index contributed by atoms with van der Waals surface area (Å²) in [5, 5.41) is 24.8. The quantitative estimate of drug-likeness (QED) is 0.789. The number of aromatic hydroxyl groups is 1. The number of phenolic OH excluding ortho intramolecular Hbond substituents is 1. The molecule has 1 aliphatic heterocycles. The molecule has 0 amide bonds. The third kappa shape index (κ3) is 3.96. The number of benzene rings is 2. The van der Waals surface area contributed by atoms with Crippen molar-refractivity contribution in [3.8, 4) is 5.75 Å². The summed E-state index contributed by atoms with van der Waals surface area (Å²) < 4.78 is 0. The van der Waals surface area contributed by atoms with Crippen LogP contribution in [-0.2, 0) is 5.60 Å². The summed E-state index contributed by atoms with van der Waals surface area (Å²) in [5.74, 6) is 0.181. The molecule has 1 aliphatic rings. The van der Waals surface area contributed by atoms with Crippen molar-refractivity contribution in [3.63, 3.8) is 0 Å². The summed E-state index contributed by atoms with van der Waals surface area (Å²) in [6, 6.07) is 16.7. The van der Waals surface area contributed by atoms with Gasteiger partial charge in [-0.15, -0.1) is 0 Å². The molecule has 0 spiro atoms. The average molecular weight is 326 g/mol. The van der Waals surface area contributed by atoms with Crippen LogP contribution >= 0.6 is 0 Å². The van der Waals surface area contributed by atoms with Crippen molar-refractivity contribution in [1.82, 2.24) is 10.2 Å². The van der Waals surface area contributed by atoms with Crippen LogP contribution in [0.5, 0.6) is 5.75 Å². The first-order valence-electron chi connectivity index (χ1n) is 8.69. The molecule has 0 bridgehead atoms. The summed E-state index contributed by atoms with van der Waals surface area (Å²) >= 11 is 0. The van der Waals surface area contributed by atoms with E-state index in [2.05, 4.69) is 10.2 Å². The van der Waals surface area contributed by atoms with Crippen molar-refractivity contribution in [1.29, 1.82) is 0 Å². The highest BCUT2D eigenvalue weighted by Gasteiger charge is 2.32. The summed E-state index contributed by atoms with van der Waals surface area (Å²) in [7, 11) is 0. The lowest BCUT2D eigenvalue weighted by molar-refractivity contribution is 0.0579. The molecule has 4 nitrogen and oxygen atoms in total. The molecule has 0 aliphatic carbocycles. The highest BCUT2D eigenvalue weighted by atomic mass is 16.3. The van der Waals surface area contributed by atoms with E-state index in [0.29, 0.717) is 6.42 Å². The van der Waals surface area contributed by atoms with Gasteiger partial charge in [0.1, 0.15) is 11.4 Å². The average Bonchev–Trinajstić information content (AvgIpc) is 2.89. The lowest BCUT2D eigenvalue weighted by Gasteiger charge is -2.32. The van der Waals surface area contributed by atoms with Gasteiger partial charge in [0.15, 0.2) is 0 Å². The fourth-order valence-corrected chi connectivity index (χ4v) is 3.38. The van der Waals surface area contributed by atoms with Crippen LogP contribution in [-0.4, -0.2) is 47.8 Å². The van der Waals surface area contributed by atoms with E-state index in [9.17, 15) is 10.2 Å². The Morgan fingerprint density at radius 2 is 1.75 bits per heavy atom. The third-order valence-corrected chi connectivity index (χ3v) is 4.80. The van der Waals surface area contributed by atoms with Gasteiger partial charge in [-0.05, 0) is 49.2 Å². The van der Waals surface area contributed by atoms with Crippen LogP contribution in [0.1, 0.15) is 24.0 Å². The van der Waals surface area contributed by atoms with Gasteiger partial charge in [0.05, 0.1) is 0 Å². The smallest absolute Gasteiger partial charge is 0.116 e. The van der Waals surface area contributed by atoms with Crippen molar-refractivity contribution >= 4 is 0 Å². The third-order valence-electron chi connectivity index (χ3n) is 4.80. The Kier molecular flexibility index (Phi) is 5.51. The van der Waals surface area contributed by atoms with Crippen molar-refractivity contribution in [3.05, 3.63) is 65.7 Å². The van der Waals surface area contributed by atoms with Crippen molar-refractivity contribution in [2.24, 2.45) is 0 Å². The maximum atomic E-state index is 11.5. The fourth-order valence-electron chi connectivity index (χ4n) is 3.38. The molecule has 128 valence electrons. The highest BCUT2D eigenvalue weighted by molar-refractivity contribution is 5.39. The van der Waals surface area contributed by atoms with Gasteiger partial charge in [-0.3, -0.25) is 0 Å². The Labute approximate surface area is 143 Å². The van der Waals surface area contributed by atoms with Crippen LogP contribution in [0.2, 0.25) is 0 Å². The molecule has 4 heteroatoms. The monoisotopic (exact) mass is 326 g/mol. The second kappa shape index (κ2) is 7.79. The van der Waals surface area contributed by atoms with E-state index in [0.717, 1.165) is 50.3 Å². The Hall–Kier alpha value is -1.88. The molecule has 0 radical (unpaired) electrons. The largest absolute Gasteiger partial charge is 0.508 e. The summed E-state index contributed by atoms with van der Waals surface area (Å²) in [6.45, 7) is 4.94. The van der Waals surface area contributed by atoms with E-state index in [1.54, 1.807) is 18.2 Å². The molecule has 2 aromatic carbocycles. The Morgan fingerprint density at radius 1 is 0.958 bits per heavy atom. The topological polar surface area (TPSA) is 55.7 Å². The minimum absolute atomic E-state index is 0.181. The zero-order valence-electron chi connectivity index (χ0n) is 14.0. The normalized spacial score (nSPS) is 18.7. The molecule has 1 fully saturated rings. The summed E-state index contributed by atoms with van der Waals surface area (Å²) in [6.07, 6.45) is 1.73. The molecular weight excluding hydrogens is 300 g/mol. The lowest BCUT2D eigenvalue weighted by Crippen LogP contribution is -2.36. The number of nitrogens with one attached hydrogen (secondary N) is 1. The molecule has 1 unspecified atom stereocenters. The van der Waals surface area contributed by atoms with Crippen LogP contribution in [0, 0.1) is 0 Å². The van der Waals surface area contributed by atoms with Gasteiger partial charge in [-0.1, -0.05) is 42.5 Å². The summed E-state index contributed by atoms with van der Waals surface area (Å²) in [5.41, 5.74) is 0.505. The maximum Gasteiger partial charge on any atom is 0.116 e. The van der Waals surface area contributed by atoms with Crippen LogP contribution < -0.4 is 5.32 Å². The molecule has 24 heavy (non-hydrogen) atoms. The number of hydrogen-bond acceptors (Lipinski definition) is 4. The Balaban J connectivity index is 1.85. The first kappa shape index (κ1) is 17.0. The number of rotatable bonds is 5. The molecule has 3 N–H and O–H groups in total. The molecule has 1 saturated heterocycles. The van der Waals surface area contributed by atoms with Crippen LogP contribution in [0.3, 0.4) is 0 Å². The lowest BCUT2D eigenvalue weighted by atomic mass is 9.83. The molecule has 1 heterocycles. The van der Waals surface area contributed by atoms with Gasteiger partial charge >= 0.3 is 0 Å². The van der Waals surface area contributed by atoms with Gasteiger partial charge in [0.2, 0.25) is 0 Å². The van der Waals surface area contributed by atoms with Crippen molar-refractivity contribution in [2.45, 2.75) is 18.4 Å². The number of nitrogens with zero attached hydrogens (tertiary/aromatic N) is 1. The van der Waals surface area contributed by atoms with Gasteiger partial charge in [0, 0.05) is 19.6 Å². The minimum atomic E-state index is -1.10. The van der Waals surface area contributed by atoms with Gasteiger partial charge < -0.3 is 20.4 Å². The summed E-state index contributed by atoms with van der Waals surface area (Å²) in [4.78, 5) is 2.40. The molecule has 2 aromatic rings. The van der Waals surface area contributed by atoms with E-state index >= 15 is 0 Å². The Morgan fingerprint density at radius 3 is 2.54 bits per heavy atom. The van der Waals surface area contributed by atoms with Crippen LogP contribution in [0.25, 0.3) is 0 Å². The van der Waals surface area contributed by atoms with Crippen molar-refractivity contribution < 1.29 is 10.2 Å². The van der Waals surface area contributed by atoms with Crippen LogP contribution in [0.4, 0.5) is 0 Å². The standard InChI is InChI=1S/C20H26N2O2/c23-19-9-4-8-18(16-19)20(24,17-6-2-1-3-7-17)10-14-22-13-5-11-21-12-15-22/h1-4,6-9,16,21,23-24H,5,10-15H2. The predicted octanol–water partition coefficient (Wildman–Crippen LogP) is 2.31. The van der Waals surface area contributed by atoms with E-state index in [-0.39, 0.29) is 5.75 Å². The van der Waals surface area contributed by atoms with Gasteiger partial charge in [-0.2, -0.15) is 0 Å². The van der Waals surface area contributed by atoms with E-state index in [1.807, 2.05) is 36.4 Å². The SMILES string of the molecule is Oc1cccc(C(O)(CCN2CCCNCC2)c2ccccc2)c1. The number of aliphatic hydroxyl groups is 1. The second-order valence-electron chi connectivity index (χ2n) is 6.47. The zero-order chi connectivity index (χ0) is 16.8. The van der Waals surface area contributed by atoms with E-state index in [4.69, 9.17) is 0 Å². The van der Waals surface area contributed by atoms with Crippen molar-refractivity contribution in [2.75, 3.05) is 32.7 Å². The maximum absolute atomic E-state index is 11.5. The molecule has 0 saturated carbocycles. The van der Waals surface area contributed by atoms with Crippen LogP contribution in [0.15, 0.2) is 54.6 Å². The minimum Gasteiger partial charge on any atom is -0.508 e. The highest BCUT2D eigenvalue weighted by Crippen LogP contribution is 2.34. The molecule has 0 aromatic heterocycles. The first-order valence-corrected chi connectivity index (χ1v) is 8.69.